The quantitative estimate of drug-likeness (QED) is 0.503. The number of nitrogens with zero attached hydrogens (tertiary/aromatic N) is 1. The first-order valence-electron chi connectivity index (χ1n) is 7.78. The molecule has 2 aromatic carbocycles. The van der Waals surface area contributed by atoms with Crippen molar-refractivity contribution in [1.82, 2.24) is 4.90 Å². The number of hydrogen-bond acceptors (Lipinski definition) is 4. The van der Waals surface area contributed by atoms with Gasteiger partial charge in [0.1, 0.15) is 11.6 Å². The highest BCUT2D eigenvalue weighted by Crippen LogP contribution is 2.25. The van der Waals surface area contributed by atoms with E-state index < -0.39 is 0 Å². The molecular formula is C18H17BrN4O2. The average Bonchev–Trinajstić information content (AvgIpc) is 2.62. The topological polar surface area (TPSA) is 89.3 Å². The van der Waals surface area contributed by atoms with Gasteiger partial charge < -0.3 is 15.0 Å². The number of anilines is 1. The lowest BCUT2D eigenvalue weighted by molar-refractivity contribution is 0.102. The van der Waals surface area contributed by atoms with E-state index in [4.69, 9.17) is 15.6 Å². The van der Waals surface area contributed by atoms with Crippen LogP contribution < -0.4 is 10.1 Å². The van der Waals surface area contributed by atoms with Gasteiger partial charge in [0.15, 0.2) is 0 Å². The summed E-state index contributed by atoms with van der Waals surface area (Å²) >= 11 is 3.38. The highest BCUT2D eigenvalue weighted by Gasteiger charge is 2.16. The largest absolute Gasteiger partial charge is 0.493 e. The second kappa shape index (κ2) is 7.48. The third-order valence-corrected chi connectivity index (χ3v) is 4.32. The standard InChI is InChI=1S/C18H17BrN4O2/c19-13-5-6-16-15(10-13)18(24)22-14-4-1-3-12(9-14)17(21)23(11-20)7-2-8-25-16/h1,3-6,9-11,20-21H,2,7-8H2,(H,22,24). The van der Waals surface area contributed by atoms with Crippen LogP contribution in [-0.2, 0) is 0 Å². The van der Waals surface area contributed by atoms with Gasteiger partial charge in [-0.2, -0.15) is 0 Å². The molecule has 6 nitrogen and oxygen atoms in total. The smallest absolute Gasteiger partial charge is 0.259 e. The molecule has 25 heavy (non-hydrogen) atoms. The van der Waals surface area contributed by atoms with E-state index in [1.54, 1.807) is 41.3 Å². The molecule has 3 rings (SSSR count). The van der Waals surface area contributed by atoms with Crippen molar-refractivity contribution in [2.24, 2.45) is 0 Å². The molecule has 0 radical (unpaired) electrons. The predicted octanol–water partition coefficient (Wildman–Crippen LogP) is 3.72. The summed E-state index contributed by atoms with van der Waals surface area (Å²) in [5.41, 5.74) is 1.66. The van der Waals surface area contributed by atoms with Gasteiger partial charge in [0, 0.05) is 22.3 Å². The van der Waals surface area contributed by atoms with Gasteiger partial charge >= 0.3 is 0 Å². The molecule has 3 N–H and O–H groups in total. The number of fused-ring (bicyclic) bond motifs is 3. The lowest BCUT2D eigenvalue weighted by Crippen LogP contribution is -2.31. The lowest BCUT2D eigenvalue weighted by atomic mass is 10.1. The zero-order chi connectivity index (χ0) is 17.8. The van der Waals surface area contributed by atoms with Gasteiger partial charge in [-0.15, -0.1) is 0 Å². The monoisotopic (exact) mass is 400 g/mol. The highest BCUT2D eigenvalue weighted by atomic mass is 79.9. The first-order valence-corrected chi connectivity index (χ1v) is 8.58. The molecule has 2 bridgehead atoms. The molecule has 0 saturated heterocycles. The summed E-state index contributed by atoms with van der Waals surface area (Å²) in [7, 11) is 0. The van der Waals surface area contributed by atoms with E-state index in [0.29, 0.717) is 42.1 Å². The van der Waals surface area contributed by atoms with Crippen molar-refractivity contribution in [2.45, 2.75) is 6.42 Å². The number of nitrogens with one attached hydrogen (secondary N) is 3. The molecule has 1 heterocycles. The number of rotatable bonds is 1. The van der Waals surface area contributed by atoms with Gasteiger partial charge in [-0.25, -0.2) is 0 Å². The van der Waals surface area contributed by atoms with Crippen LogP contribution in [0.1, 0.15) is 22.3 Å². The van der Waals surface area contributed by atoms with Gasteiger partial charge in [-0.05, 0) is 36.8 Å². The molecule has 0 spiro atoms. The van der Waals surface area contributed by atoms with Crippen LogP contribution >= 0.6 is 15.9 Å². The molecular weight excluding hydrogens is 384 g/mol. The van der Waals surface area contributed by atoms with Gasteiger partial charge in [0.2, 0.25) is 0 Å². The second-order valence-corrected chi connectivity index (χ2v) is 6.46. The first kappa shape index (κ1) is 17.2. The minimum Gasteiger partial charge on any atom is -0.493 e. The van der Waals surface area contributed by atoms with Crippen LogP contribution in [0.5, 0.6) is 5.75 Å². The number of amides is 1. The Morgan fingerprint density at radius 1 is 1.24 bits per heavy atom. The third kappa shape index (κ3) is 3.88. The Morgan fingerprint density at radius 2 is 2.08 bits per heavy atom. The second-order valence-electron chi connectivity index (χ2n) is 5.55. The van der Waals surface area contributed by atoms with E-state index in [-0.39, 0.29) is 11.7 Å². The zero-order valence-electron chi connectivity index (χ0n) is 13.4. The van der Waals surface area contributed by atoms with E-state index in [0.717, 1.165) is 10.8 Å². The Balaban J connectivity index is 2.01. The van der Waals surface area contributed by atoms with Gasteiger partial charge in [0.05, 0.1) is 18.5 Å². The molecule has 1 amide bonds. The van der Waals surface area contributed by atoms with Gasteiger partial charge in [0.25, 0.3) is 5.91 Å². The molecule has 0 aliphatic carbocycles. The fourth-order valence-corrected chi connectivity index (χ4v) is 2.93. The number of halogens is 1. The fraction of sp³-hybridized carbons (Fsp3) is 0.167. The molecule has 0 aromatic heterocycles. The molecule has 0 atom stereocenters. The molecule has 1 aliphatic rings. The van der Waals surface area contributed by atoms with Crippen LogP contribution in [-0.4, -0.2) is 36.1 Å². The van der Waals surface area contributed by atoms with E-state index >= 15 is 0 Å². The molecule has 2 aromatic rings. The van der Waals surface area contributed by atoms with Crippen molar-refractivity contribution in [1.29, 1.82) is 10.8 Å². The van der Waals surface area contributed by atoms with Crippen LogP contribution in [0.15, 0.2) is 46.9 Å². The van der Waals surface area contributed by atoms with Crippen LogP contribution in [0, 0.1) is 10.8 Å². The number of hydrogen-bond donors (Lipinski definition) is 3. The normalized spacial score (nSPS) is 15.0. The number of amidine groups is 1. The summed E-state index contributed by atoms with van der Waals surface area (Å²) in [4.78, 5) is 14.2. The maximum atomic E-state index is 12.7. The summed E-state index contributed by atoms with van der Waals surface area (Å²) in [6, 6.07) is 12.4. The summed E-state index contributed by atoms with van der Waals surface area (Å²) < 4.78 is 6.55. The van der Waals surface area contributed by atoms with Crippen molar-refractivity contribution in [3.8, 4) is 5.75 Å². The molecule has 0 saturated carbocycles. The van der Waals surface area contributed by atoms with Crippen LogP contribution in [0.25, 0.3) is 0 Å². The maximum Gasteiger partial charge on any atom is 0.259 e. The summed E-state index contributed by atoms with van der Waals surface area (Å²) in [5, 5.41) is 18.7. The highest BCUT2D eigenvalue weighted by molar-refractivity contribution is 9.10. The van der Waals surface area contributed by atoms with E-state index in [2.05, 4.69) is 21.2 Å². The van der Waals surface area contributed by atoms with Crippen LogP contribution in [0.3, 0.4) is 0 Å². The Labute approximate surface area is 153 Å². The van der Waals surface area contributed by atoms with E-state index in [9.17, 15) is 4.79 Å². The molecule has 0 unspecified atom stereocenters. The number of carbonyl (C=O) groups excluding carboxylic acids is 1. The van der Waals surface area contributed by atoms with Gasteiger partial charge in [-0.1, -0.05) is 28.1 Å². The van der Waals surface area contributed by atoms with Crippen LogP contribution in [0.4, 0.5) is 5.69 Å². The zero-order valence-corrected chi connectivity index (χ0v) is 15.0. The van der Waals surface area contributed by atoms with Crippen molar-refractivity contribution in [2.75, 3.05) is 18.5 Å². The Morgan fingerprint density at radius 3 is 2.88 bits per heavy atom. The summed E-state index contributed by atoms with van der Waals surface area (Å²) in [5.74, 6) is 0.446. The van der Waals surface area contributed by atoms with Gasteiger partial charge in [-0.3, -0.25) is 15.6 Å². The van der Waals surface area contributed by atoms with Crippen molar-refractivity contribution in [3.05, 3.63) is 58.1 Å². The van der Waals surface area contributed by atoms with E-state index in [1.807, 2.05) is 6.07 Å². The molecule has 1 aliphatic heterocycles. The van der Waals surface area contributed by atoms with E-state index in [1.165, 1.54) is 0 Å². The maximum absolute atomic E-state index is 12.7. The Kier molecular flexibility index (Phi) is 5.14. The molecule has 7 heteroatoms. The van der Waals surface area contributed by atoms with Crippen molar-refractivity contribution < 1.29 is 9.53 Å². The first-order chi connectivity index (χ1) is 12.1. The van der Waals surface area contributed by atoms with Crippen molar-refractivity contribution in [3.63, 3.8) is 0 Å². The minimum atomic E-state index is -0.275. The predicted molar refractivity (Wildman–Crippen MR) is 101 cm³/mol. The fourth-order valence-electron chi connectivity index (χ4n) is 2.57. The van der Waals surface area contributed by atoms with Crippen LogP contribution in [0.2, 0.25) is 0 Å². The van der Waals surface area contributed by atoms with Crippen molar-refractivity contribution >= 4 is 39.7 Å². The SMILES string of the molecule is N=CN1CCCOc2ccc(Br)cc2C(=O)Nc2cccc(c2)C1=N. The lowest BCUT2D eigenvalue weighted by Gasteiger charge is -2.20. The average molecular weight is 401 g/mol. The number of ether oxygens (including phenoxy) is 1. The number of carbonyl (C=O) groups is 1. The Bertz CT molecular complexity index is 838. The summed E-state index contributed by atoms with van der Waals surface area (Å²) in [6.07, 6.45) is 1.76. The minimum absolute atomic E-state index is 0.214. The molecule has 0 fully saturated rings. The summed E-state index contributed by atoms with van der Waals surface area (Å²) in [6.45, 7) is 0.872. The number of benzene rings is 2. The molecule has 128 valence electrons. The third-order valence-electron chi connectivity index (χ3n) is 3.82. The Hall–Kier alpha value is -2.67.